The van der Waals surface area contributed by atoms with Crippen molar-refractivity contribution in [3.8, 4) is 5.75 Å². The number of hydrogen-bond acceptors (Lipinski definition) is 4. The van der Waals surface area contributed by atoms with Crippen LogP contribution in [0, 0.1) is 0 Å². The van der Waals surface area contributed by atoms with Crippen molar-refractivity contribution in [3.05, 3.63) is 23.8 Å². The van der Waals surface area contributed by atoms with Crippen LogP contribution in [0.1, 0.15) is 32.8 Å². The SMILES string of the molecule is CCN(CC)CCCN(CC)Cc1cc(OC)ccc1N. The van der Waals surface area contributed by atoms with Gasteiger partial charge in [0.15, 0.2) is 0 Å². The molecular weight excluding hydrogens is 262 g/mol. The summed E-state index contributed by atoms with van der Waals surface area (Å²) in [6, 6.07) is 5.88. The molecule has 120 valence electrons. The highest BCUT2D eigenvalue weighted by Crippen LogP contribution is 2.21. The average Bonchev–Trinajstić information content (AvgIpc) is 2.52. The Morgan fingerprint density at radius 3 is 2.19 bits per heavy atom. The number of methoxy groups -OCH3 is 1. The summed E-state index contributed by atoms with van der Waals surface area (Å²) in [4.78, 5) is 4.91. The summed E-state index contributed by atoms with van der Waals surface area (Å²) in [5, 5.41) is 0. The molecule has 21 heavy (non-hydrogen) atoms. The second-order valence-corrected chi connectivity index (χ2v) is 5.31. The zero-order chi connectivity index (χ0) is 15.7. The molecule has 0 spiro atoms. The number of anilines is 1. The number of hydrogen-bond donors (Lipinski definition) is 1. The van der Waals surface area contributed by atoms with Gasteiger partial charge in [0, 0.05) is 12.2 Å². The molecule has 0 fully saturated rings. The Morgan fingerprint density at radius 1 is 1.00 bits per heavy atom. The first-order valence-corrected chi connectivity index (χ1v) is 8.01. The van der Waals surface area contributed by atoms with Crippen LogP contribution < -0.4 is 10.5 Å². The van der Waals surface area contributed by atoms with E-state index in [-0.39, 0.29) is 0 Å². The second kappa shape index (κ2) is 9.64. The molecular formula is C17H31N3O. The lowest BCUT2D eigenvalue weighted by Crippen LogP contribution is -2.30. The van der Waals surface area contributed by atoms with Gasteiger partial charge in [-0.25, -0.2) is 0 Å². The summed E-state index contributed by atoms with van der Waals surface area (Å²) >= 11 is 0. The minimum atomic E-state index is 0.845. The van der Waals surface area contributed by atoms with Crippen LogP contribution in [-0.2, 0) is 6.54 Å². The molecule has 4 heteroatoms. The molecule has 0 aliphatic carbocycles. The molecule has 0 saturated carbocycles. The van der Waals surface area contributed by atoms with Gasteiger partial charge in [0.1, 0.15) is 5.75 Å². The standard InChI is InChI=1S/C17H31N3O/c1-5-19(6-2)11-8-12-20(7-3)14-15-13-16(21-4)9-10-17(15)18/h9-10,13H,5-8,11-12,14,18H2,1-4H3. The Hall–Kier alpha value is -1.26. The van der Waals surface area contributed by atoms with Crippen LogP contribution in [0.3, 0.4) is 0 Å². The Labute approximate surface area is 129 Å². The summed E-state index contributed by atoms with van der Waals surface area (Å²) < 4.78 is 5.29. The summed E-state index contributed by atoms with van der Waals surface area (Å²) in [6.45, 7) is 13.1. The fourth-order valence-corrected chi connectivity index (χ4v) is 2.49. The molecule has 0 bridgehead atoms. The third-order valence-electron chi connectivity index (χ3n) is 4.03. The molecule has 0 unspecified atom stereocenters. The molecule has 4 nitrogen and oxygen atoms in total. The third kappa shape index (κ3) is 5.94. The molecule has 0 heterocycles. The summed E-state index contributed by atoms with van der Waals surface area (Å²) in [5.41, 5.74) is 8.07. The van der Waals surface area contributed by atoms with Crippen LogP contribution in [-0.4, -0.2) is 49.6 Å². The van der Waals surface area contributed by atoms with Crippen molar-refractivity contribution in [2.24, 2.45) is 0 Å². The molecule has 2 N–H and O–H groups in total. The number of nitrogen functional groups attached to an aromatic ring is 1. The minimum absolute atomic E-state index is 0.845. The first-order valence-electron chi connectivity index (χ1n) is 8.01. The van der Waals surface area contributed by atoms with Gasteiger partial charge in [0.05, 0.1) is 7.11 Å². The van der Waals surface area contributed by atoms with Crippen molar-refractivity contribution >= 4 is 5.69 Å². The molecule has 0 saturated heterocycles. The van der Waals surface area contributed by atoms with Gasteiger partial charge in [-0.15, -0.1) is 0 Å². The zero-order valence-electron chi connectivity index (χ0n) is 14.1. The number of nitrogens with zero attached hydrogens (tertiary/aromatic N) is 2. The minimum Gasteiger partial charge on any atom is -0.497 e. The van der Waals surface area contributed by atoms with E-state index in [1.165, 1.54) is 6.42 Å². The number of rotatable bonds is 10. The lowest BCUT2D eigenvalue weighted by Gasteiger charge is -2.24. The molecule has 0 amide bonds. The molecule has 1 aromatic rings. The van der Waals surface area contributed by atoms with Gasteiger partial charge < -0.3 is 15.4 Å². The number of benzene rings is 1. The normalized spacial score (nSPS) is 11.3. The number of ether oxygens (including phenoxy) is 1. The molecule has 1 rings (SSSR count). The van der Waals surface area contributed by atoms with E-state index in [1.54, 1.807) is 7.11 Å². The van der Waals surface area contributed by atoms with Crippen molar-refractivity contribution < 1.29 is 4.74 Å². The van der Waals surface area contributed by atoms with Crippen molar-refractivity contribution in [2.75, 3.05) is 45.6 Å². The molecule has 1 aromatic carbocycles. The highest BCUT2D eigenvalue weighted by atomic mass is 16.5. The Balaban J connectivity index is 2.53. The van der Waals surface area contributed by atoms with Gasteiger partial charge in [0.2, 0.25) is 0 Å². The van der Waals surface area contributed by atoms with Gasteiger partial charge in [-0.05, 0) is 62.9 Å². The van der Waals surface area contributed by atoms with Crippen molar-refractivity contribution in [1.82, 2.24) is 9.80 Å². The van der Waals surface area contributed by atoms with E-state index in [4.69, 9.17) is 10.5 Å². The van der Waals surface area contributed by atoms with Crippen LogP contribution in [0.25, 0.3) is 0 Å². The van der Waals surface area contributed by atoms with Gasteiger partial charge >= 0.3 is 0 Å². The molecule has 0 aliphatic rings. The van der Waals surface area contributed by atoms with Crippen molar-refractivity contribution in [3.63, 3.8) is 0 Å². The first-order chi connectivity index (χ1) is 10.1. The highest BCUT2D eigenvalue weighted by Gasteiger charge is 2.08. The van der Waals surface area contributed by atoms with Crippen LogP contribution in [0.4, 0.5) is 5.69 Å². The van der Waals surface area contributed by atoms with Gasteiger partial charge in [-0.2, -0.15) is 0 Å². The largest absolute Gasteiger partial charge is 0.497 e. The van der Waals surface area contributed by atoms with E-state index < -0.39 is 0 Å². The van der Waals surface area contributed by atoms with Crippen LogP contribution in [0.5, 0.6) is 5.75 Å². The maximum atomic E-state index is 6.08. The Morgan fingerprint density at radius 2 is 1.62 bits per heavy atom. The van der Waals surface area contributed by atoms with Crippen molar-refractivity contribution in [1.29, 1.82) is 0 Å². The topological polar surface area (TPSA) is 41.7 Å². The van der Waals surface area contributed by atoms with Gasteiger partial charge in [-0.1, -0.05) is 20.8 Å². The molecule has 0 aromatic heterocycles. The third-order valence-corrected chi connectivity index (χ3v) is 4.03. The van der Waals surface area contributed by atoms with Gasteiger partial charge in [-0.3, -0.25) is 4.90 Å². The molecule has 0 atom stereocenters. The highest BCUT2D eigenvalue weighted by molar-refractivity contribution is 5.50. The fourth-order valence-electron chi connectivity index (χ4n) is 2.49. The molecule has 0 radical (unpaired) electrons. The zero-order valence-corrected chi connectivity index (χ0v) is 14.1. The summed E-state index contributed by atoms with van der Waals surface area (Å²) in [6.07, 6.45) is 1.19. The maximum Gasteiger partial charge on any atom is 0.119 e. The van der Waals surface area contributed by atoms with E-state index in [0.29, 0.717) is 0 Å². The lowest BCUT2D eigenvalue weighted by molar-refractivity contribution is 0.238. The van der Waals surface area contributed by atoms with E-state index >= 15 is 0 Å². The number of nitrogens with two attached hydrogens (primary N) is 1. The van der Waals surface area contributed by atoms with Crippen LogP contribution >= 0.6 is 0 Å². The smallest absolute Gasteiger partial charge is 0.119 e. The quantitative estimate of drug-likeness (QED) is 0.674. The second-order valence-electron chi connectivity index (χ2n) is 5.31. The monoisotopic (exact) mass is 293 g/mol. The Bertz CT molecular complexity index is 405. The first kappa shape index (κ1) is 17.8. The lowest BCUT2D eigenvalue weighted by atomic mass is 10.1. The van der Waals surface area contributed by atoms with E-state index in [1.807, 2.05) is 18.2 Å². The van der Waals surface area contributed by atoms with Crippen LogP contribution in [0.2, 0.25) is 0 Å². The fraction of sp³-hybridized carbons (Fsp3) is 0.647. The average molecular weight is 293 g/mol. The van der Waals surface area contributed by atoms with E-state index in [2.05, 4.69) is 30.6 Å². The molecule has 0 aliphatic heterocycles. The van der Waals surface area contributed by atoms with Crippen molar-refractivity contribution in [2.45, 2.75) is 33.7 Å². The predicted octanol–water partition coefficient (Wildman–Crippen LogP) is 2.83. The summed E-state index contributed by atoms with van der Waals surface area (Å²) in [7, 11) is 1.69. The van der Waals surface area contributed by atoms with Crippen LogP contribution in [0.15, 0.2) is 18.2 Å². The predicted molar refractivity (Wildman–Crippen MR) is 90.8 cm³/mol. The maximum absolute atomic E-state index is 6.08. The van der Waals surface area contributed by atoms with E-state index in [0.717, 1.165) is 56.3 Å². The Kier molecular flexibility index (Phi) is 8.16. The van der Waals surface area contributed by atoms with E-state index in [9.17, 15) is 0 Å². The summed E-state index contributed by atoms with van der Waals surface area (Å²) in [5.74, 6) is 0.874. The van der Waals surface area contributed by atoms with Gasteiger partial charge in [0.25, 0.3) is 0 Å².